The number of hydrogen-bond acceptors (Lipinski definition) is 5. The minimum Gasteiger partial charge on any atom is -0.366 e. The molecule has 19 heavy (non-hydrogen) atoms. The van der Waals surface area contributed by atoms with E-state index in [4.69, 9.17) is 0 Å². The SMILES string of the molecule is CNc1ncc(F)c(NCCN(C)C2CCCC2)n1. The van der Waals surface area contributed by atoms with Gasteiger partial charge in [0.15, 0.2) is 11.6 Å². The molecule has 1 saturated carbocycles. The summed E-state index contributed by atoms with van der Waals surface area (Å²) in [4.78, 5) is 10.2. The van der Waals surface area contributed by atoms with Crippen LogP contribution in [0.15, 0.2) is 6.20 Å². The first-order valence-corrected chi connectivity index (χ1v) is 6.85. The van der Waals surface area contributed by atoms with Crippen LogP contribution < -0.4 is 10.6 Å². The van der Waals surface area contributed by atoms with E-state index in [1.54, 1.807) is 7.05 Å². The highest BCUT2D eigenvalue weighted by atomic mass is 19.1. The maximum absolute atomic E-state index is 13.5. The summed E-state index contributed by atoms with van der Waals surface area (Å²) in [6, 6.07) is 0.685. The highest BCUT2D eigenvalue weighted by molar-refractivity contribution is 5.40. The molecule has 1 aromatic heterocycles. The summed E-state index contributed by atoms with van der Waals surface area (Å²) in [5.74, 6) is 0.273. The van der Waals surface area contributed by atoms with Gasteiger partial charge in [-0.05, 0) is 19.9 Å². The lowest BCUT2D eigenvalue weighted by atomic mass is 10.2. The van der Waals surface area contributed by atoms with Crippen LogP contribution in [0, 0.1) is 5.82 Å². The zero-order chi connectivity index (χ0) is 13.7. The van der Waals surface area contributed by atoms with E-state index >= 15 is 0 Å². The van der Waals surface area contributed by atoms with Gasteiger partial charge in [0.25, 0.3) is 0 Å². The average Bonchev–Trinajstić information content (AvgIpc) is 2.95. The summed E-state index contributed by atoms with van der Waals surface area (Å²) < 4.78 is 13.5. The molecule has 106 valence electrons. The van der Waals surface area contributed by atoms with Gasteiger partial charge in [0, 0.05) is 26.2 Å². The molecule has 0 radical (unpaired) electrons. The minimum atomic E-state index is -0.414. The third-order valence-electron chi connectivity index (χ3n) is 3.67. The number of hydrogen-bond donors (Lipinski definition) is 2. The fourth-order valence-electron chi connectivity index (χ4n) is 2.49. The number of nitrogens with zero attached hydrogens (tertiary/aromatic N) is 3. The van der Waals surface area contributed by atoms with Crippen LogP contribution in [0.1, 0.15) is 25.7 Å². The topological polar surface area (TPSA) is 53.1 Å². The second-order valence-electron chi connectivity index (χ2n) is 4.99. The van der Waals surface area contributed by atoms with Gasteiger partial charge in [-0.2, -0.15) is 4.98 Å². The van der Waals surface area contributed by atoms with E-state index in [9.17, 15) is 4.39 Å². The number of nitrogens with one attached hydrogen (secondary N) is 2. The van der Waals surface area contributed by atoms with Crippen LogP contribution in [0.3, 0.4) is 0 Å². The van der Waals surface area contributed by atoms with Crippen LogP contribution in [0.5, 0.6) is 0 Å². The third-order valence-corrected chi connectivity index (χ3v) is 3.67. The van der Waals surface area contributed by atoms with E-state index in [0.717, 1.165) is 6.54 Å². The third kappa shape index (κ3) is 3.76. The molecule has 0 aromatic carbocycles. The first kappa shape index (κ1) is 14.0. The van der Waals surface area contributed by atoms with Gasteiger partial charge in [0.05, 0.1) is 6.20 Å². The molecule has 0 saturated heterocycles. The predicted molar refractivity (Wildman–Crippen MR) is 74.9 cm³/mol. The predicted octanol–water partition coefficient (Wildman–Crippen LogP) is 1.94. The molecule has 1 aromatic rings. The molecule has 0 spiro atoms. The molecule has 0 unspecified atom stereocenters. The van der Waals surface area contributed by atoms with Crippen molar-refractivity contribution in [1.82, 2.24) is 14.9 Å². The lowest BCUT2D eigenvalue weighted by molar-refractivity contribution is 0.254. The van der Waals surface area contributed by atoms with Crippen molar-refractivity contribution in [2.45, 2.75) is 31.7 Å². The van der Waals surface area contributed by atoms with Gasteiger partial charge >= 0.3 is 0 Å². The fourth-order valence-corrected chi connectivity index (χ4v) is 2.49. The van der Waals surface area contributed by atoms with E-state index in [0.29, 0.717) is 18.5 Å². The van der Waals surface area contributed by atoms with Crippen molar-refractivity contribution >= 4 is 11.8 Å². The molecule has 2 rings (SSSR count). The van der Waals surface area contributed by atoms with Crippen LogP contribution >= 0.6 is 0 Å². The zero-order valence-corrected chi connectivity index (χ0v) is 11.6. The van der Waals surface area contributed by atoms with Crippen LogP contribution in [-0.4, -0.2) is 48.1 Å². The molecule has 6 heteroatoms. The first-order valence-electron chi connectivity index (χ1n) is 6.85. The van der Waals surface area contributed by atoms with Crippen molar-refractivity contribution < 1.29 is 4.39 Å². The van der Waals surface area contributed by atoms with Crippen LogP contribution in [0.2, 0.25) is 0 Å². The van der Waals surface area contributed by atoms with Crippen LogP contribution in [0.25, 0.3) is 0 Å². The molecular formula is C13H22FN5. The molecular weight excluding hydrogens is 245 g/mol. The highest BCUT2D eigenvalue weighted by Crippen LogP contribution is 2.22. The summed E-state index contributed by atoms with van der Waals surface area (Å²) in [7, 11) is 3.85. The fraction of sp³-hybridized carbons (Fsp3) is 0.692. The first-order chi connectivity index (χ1) is 9.20. The number of halogens is 1. The summed E-state index contributed by atoms with van der Waals surface area (Å²) in [5.41, 5.74) is 0. The largest absolute Gasteiger partial charge is 0.366 e. The lowest BCUT2D eigenvalue weighted by Crippen LogP contribution is -2.33. The molecule has 1 heterocycles. The van der Waals surface area contributed by atoms with Gasteiger partial charge in [-0.15, -0.1) is 0 Å². The summed E-state index contributed by atoms with van der Waals surface area (Å²) in [6.45, 7) is 1.58. The Balaban J connectivity index is 1.81. The second-order valence-corrected chi connectivity index (χ2v) is 4.99. The van der Waals surface area contributed by atoms with Crippen molar-refractivity contribution in [2.24, 2.45) is 0 Å². The lowest BCUT2D eigenvalue weighted by Gasteiger charge is -2.24. The molecule has 0 atom stereocenters. The van der Waals surface area contributed by atoms with Crippen molar-refractivity contribution in [2.75, 3.05) is 37.8 Å². The summed E-state index contributed by atoms with van der Waals surface area (Å²) in [6.07, 6.45) is 6.40. The van der Waals surface area contributed by atoms with E-state index < -0.39 is 5.82 Å². The average molecular weight is 267 g/mol. The Bertz CT molecular complexity index is 406. The number of likely N-dealkylation sites (N-methyl/N-ethyl adjacent to an activating group) is 1. The number of anilines is 2. The maximum Gasteiger partial charge on any atom is 0.224 e. The van der Waals surface area contributed by atoms with Crippen LogP contribution in [-0.2, 0) is 0 Å². The van der Waals surface area contributed by atoms with Crippen LogP contribution in [0.4, 0.5) is 16.2 Å². The van der Waals surface area contributed by atoms with Gasteiger partial charge in [-0.3, -0.25) is 0 Å². The summed E-state index contributed by atoms with van der Waals surface area (Å²) in [5, 5.41) is 5.83. The van der Waals surface area contributed by atoms with Crippen molar-refractivity contribution in [3.8, 4) is 0 Å². The quantitative estimate of drug-likeness (QED) is 0.825. The van der Waals surface area contributed by atoms with Crippen molar-refractivity contribution in [3.05, 3.63) is 12.0 Å². The standard InChI is InChI=1S/C13H22FN5/c1-15-13-17-9-11(14)12(18-13)16-7-8-19(2)10-5-3-4-6-10/h9-10H,3-8H2,1-2H3,(H2,15,16,17,18). The van der Waals surface area contributed by atoms with Gasteiger partial charge in [-0.1, -0.05) is 12.8 Å². The van der Waals surface area contributed by atoms with Crippen molar-refractivity contribution in [1.29, 1.82) is 0 Å². The van der Waals surface area contributed by atoms with E-state index in [2.05, 4.69) is 32.5 Å². The number of rotatable bonds is 6. The van der Waals surface area contributed by atoms with Gasteiger partial charge in [0.1, 0.15) is 0 Å². The molecule has 1 fully saturated rings. The van der Waals surface area contributed by atoms with Gasteiger partial charge in [0.2, 0.25) is 5.95 Å². The molecule has 0 amide bonds. The second kappa shape index (κ2) is 6.65. The Morgan fingerprint density at radius 2 is 2.16 bits per heavy atom. The molecule has 1 aliphatic rings. The maximum atomic E-state index is 13.5. The molecule has 0 aliphatic heterocycles. The summed E-state index contributed by atoms with van der Waals surface area (Å²) >= 11 is 0. The zero-order valence-electron chi connectivity index (χ0n) is 11.6. The van der Waals surface area contributed by atoms with E-state index in [-0.39, 0.29) is 5.82 Å². The Hall–Kier alpha value is -1.43. The van der Waals surface area contributed by atoms with Crippen molar-refractivity contribution in [3.63, 3.8) is 0 Å². The monoisotopic (exact) mass is 267 g/mol. The number of aromatic nitrogens is 2. The Morgan fingerprint density at radius 3 is 2.84 bits per heavy atom. The van der Waals surface area contributed by atoms with Gasteiger partial charge < -0.3 is 15.5 Å². The Kier molecular flexibility index (Phi) is 4.90. The molecule has 0 bridgehead atoms. The smallest absolute Gasteiger partial charge is 0.224 e. The Labute approximate surface area is 113 Å². The molecule has 2 N–H and O–H groups in total. The van der Waals surface area contributed by atoms with Gasteiger partial charge in [-0.25, -0.2) is 9.37 Å². The minimum absolute atomic E-state index is 0.263. The normalized spacial score (nSPS) is 16.0. The van der Waals surface area contributed by atoms with E-state index in [1.165, 1.54) is 31.9 Å². The molecule has 5 nitrogen and oxygen atoms in total. The Morgan fingerprint density at radius 1 is 1.42 bits per heavy atom. The van der Waals surface area contributed by atoms with E-state index in [1.807, 2.05) is 0 Å². The molecule has 1 aliphatic carbocycles. The highest BCUT2D eigenvalue weighted by Gasteiger charge is 2.18.